The van der Waals surface area contributed by atoms with Crippen LogP contribution in [0.2, 0.25) is 0 Å². The molecule has 0 aromatic rings. The van der Waals surface area contributed by atoms with E-state index in [0.717, 1.165) is 89.9 Å². The van der Waals surface area contributed by atoms with E-state index < -0.39 is 6.10 Å². The smallest absolute Gasteiger partial charge is 0.306 e. The highest BCUT2D eigenvalue weighted by atomic mass is 16.6. The molecule has 0 aliphatic heterocycles. The minimum absolute atomic E-state index is 0.0754. The van der Waals surface area contributed by atoms with Crippen LogP contribution in [-0.4, -0.2) is 37.2 Å². The van der Waals surface area contributed by atoms with Gasteiger partial charge in [0.2, 0.25) is 0 Å². The van der Waals surface area contributed by atoms with Crippen molar-refractivity contribution in [2.45, 2.75) is 239 Å². The summed E-state index contributed by atoms with van der Waals surface area (Å²) in [6, 6.07) is 0. The highest BCUT2D eigenvalue weighted by molar-refractivity contribution is 5.71. The first-order valence-corrected chi connectivity index (χ1v) is 23.6. The van der Waals surface area contributed by atoms with Gasteiger partial charge in [-0.05, 0) is 57.8 Å². The fraction of sp³-hybridized carbons (Fsp3) is 0.780. The van der Waals surface area contributed by atoms with Gasteiger partial charge in [0.05, 0.1) is 0 Å². The zero-order chi connectivity index (χ0) is 40.8. The largest absolute Gasteiger partial charge is 0.462 e. The molecule has 0 radical (unpaired) electrons. The minimum Gasteiger partial charge on any atom is -0.462 e. The summed E-state index contributed by atoms with van der Waals surface area (Å²) < 4.78 is 16.7. The van der Waals surface area contributed by atoms with Crippen LogP contribution in [0.3, 0.4) is 0 Å². The summed E-state index contributed by atoms with van der Waals surface area (Å²) in [4.78, 5) is 37.7. The molecule has 0 spiro atoms. The summed E-state index contributed by atoms with van der Waals surface area (Å²) in [6.07, 6.45) is 52.4. The first-order chi connectivity index (χ1) is 27.5. The molecule has 0 aromatic carbocycles. The van der Waals surface area contributed by atoms with Gasteiger partial charge in [0.15, 0.2) is 6.10 Å². The van der Waals surface area contributed by atoms with Crippen molar-refractivity contribution in [1.82, 2.24) is 0 Å². The zero-order valence-electron chi connectivity index (χ0n) is 36.9. The predicted octanol–water partition coefficient (Wildman–Crippen LogP) is 15.1. The van der Waals surface area contributed by atoms with Crippen LogP contribution in [0, 0.1) is 0 Å². The van der Waals surface area contributed by atoms with Crippen molar-refractivity contribution in [3.63, 3.8) is 0 Å². The average Bonchev–Trinajstić information content (AvgIpc) is 3.19. The third kappa shape index (κ3) is 42.5. The van der Waals surface area contributed by atoms with Gasteiger partial charge in [0, 0.05) is 19.3 Å². The molecule has 1 unspecified atom stereocenters. The predicted molar refractivity (Wildman–Crippen MR) is 238 cm³/mol. The summed E-state index contributed by atoms with van der Waals surface area (Å²) in [5, 5.41) is 0. The molecule has 0 saturated carbocycles. The summed E-state index contributed by atoms with van der Waals surface area (Å²) >= 11 is 0. The quantitative estimate of drug-likeness (QED) is 0.0265. The highest BCUT2D eigenvalue weighted by Gasteiger charge is 2.19. The molecule has 1 atom stereocenters. The van der Waals surface area contributed by atoms with E-state index in [1.165, 1.54) is 103 Å². The molecular weight excluding hydrogens is 697 g/mol. The molecule has 0 N–H and O–H groups in total. The maximum atomic E-state index is 12.7. The second kappa shape index (κ2) is 45.1. The Morgan fingerprint density at radius 2 is 0.696 bits per heavy atom. The monoisotopic (exact) mass is 785 g/mol. The molecule has 0 saturated heterocycles. The van der Waals surface area contributed by atoms with Gasteiger partial charge in [-0.2, -0.15) is 0 Å². The lowest BCUT2D eigenvalue weighted by Gasteiger charge is -2.18. The second-order valence-electron chi connectivity index (χ2n) is 15.6. The highest BCUT2D eigenvalue weighted by Crippen LogP contribution is 2.14. The van der Waals surface area contributed by atoms with Crippen LogP contribution < -0.4 is 0 Å². The molecule has 56 heavy (non-hydrogen) atoms. The van der Waals surface area contributed by atoms with Crippen LogP contribution in [0.5, 0.6) is 0 Å². The average molecular weight is 785 g/mol. The van der Waals surface area contributed by atoms with Gasteiger partial charge >= 0.3 is 17.9 Å². The SMILES string of the molecule is CC/C=C\C/C=C\C/C=C\C/C=C\CCCCCCCCC(=O)OCC(COC(=O)CCCCCCCCCC)OC(=O)CCCCCCCCCCCCC. The van der Waals surface area contributed by atoms with Crippen molar-refractivity contribution < 1.29 is 28.6 Å². The van der Waals surface area contributed by atoms with E-state index in [1.54, 1.807) is 0 Å². The standard InChI is InChI=1S/C50H88O6/c1-4-7-10-13-16-19-21-22-23-24-25-26-27-28-30-31-34-37-40-43-49(52)55-46-47(45-54-48(51)42-39-36-33-18-15-12-9-6-3)56-50(53)44-41-38-35-32-29-20-17-14-11-8-5-2/h7,10,16,19,22-23,25-26,47H,4-6,8-9,11-15,17-18,20-21,24,27-46H2,1-3H3/b10-7-,19-16-,23-22-,26-25-. The molecule has 0 fully saturated rings. The Bertz CT molecular complexity index is 996. The molecule has 0 aromatic heterocycles. The van der Waals surface area contributed by atoms with E-state index in [-0.39, 0.29) is 31.1 Å². The van der Waals surface area contributed by atoms with E-state index >= 15 is 0 Å². The van der Waals surface area contributed by atoms with Gasteiger partial charge in [-0.15, -0.1) is 0 Å². The maximum absolute atomic E-state index is 12.7. The summed E-state index contributed by atoms with van der Waals surface area (Å²) in [6.45, 7) is 6.47. The number of carbonyl (C=O) groups excluding carboxylic acids is 3. The van der Waals surface area contributed by atoms with Gasteiger partial charge in [-0.3, -0.25) is 14.4 Å². The fourth-order valence-electron chi connectivity index (χ4n) is 6.55. The number of esters is 3. The van der Waals surface area contributed by atoms with Crippen molar-refractivity contribution in [1.29, 1.82) is 0 Å². The molecule has 0 heterocycles. The molecule has 0 aliphatic carbocycles. The topological polar surface area (TPSA) is 78.9 Å². The minimum atomic E-state index is -0.771. The lowest BCUT2D eigenvalue weighted by Crippen LogP contribution is -2.30. The first-order valence-electron chi connectivity index (χ1n) is 23.6. The lowest BCUT2D eigenvalue weighted by molar-refractivity contribution is -0.167. The van der Waals surface area contributed by atoms with Gasteiger partial charge in [-0.1, -0.05) is 204 Å². The van der Waals surface area contributed by atoms with Crippen molar-refractivity contribution in [2.24, 2.45) is 0 Å². The number of hydrogen-bond acceptors (Lipinski definition) is 6. The van der Waals surface area contributed by atoms with Crippen LogP contribution >= 0.6 is 0 Å². The first kappa shape index (κ1) is 53.4. The molecule has 0 rings (SSSR count). The van der Waals surface area contributed by atoms with E-state index in [1.807, 2.05) is 0 Å². The van der Waals surface area contributed by atoms with Crippen LogP contribution in [0.25, 0.3) is 0 Å². The van der Waals surface area contributed by atoms with Crippen LogP contribution in [0.1, 0.15) is 233 Å². The molecule has 6 heteroatoms. The van der Waals surface area contributed by atoms with Crippen LogP contribution in [0.4, 0.5) is 0 Å². The van der Waals surface area contributed by atoms with E-state index in [0.29, 0.717) is 19.3 Å². The van der Waals surface area contributed by atoms with E-state index in [2.05, 4.69) is 69.4 Å². The number of allylic oxidation sites excluding steroid dienone is 8. The van der Waals surface area contributed by atoms with Crippen LogP contribution in [-0.2, 0) is 28.6 Å². The molecule has 324 valence electrons. The Kier molecular flexibility index (Phi) is 43.0. The third-order valence-electron chi connectivity index (χ3n) is 10.1. The van der Waals surface area contributed by atoms with Crippen molar-refractivity contribution >= 4 is 17.9 Å². The number of ether oxygens (including phenoxy) is 3. The van der Waals surface area contributed by atoms with Crippen molar-refractivity contribution in [3.05, 3.63) is 48.6 Å². The zero-order valence-corrected chi connectivity index (χ0v) is 36.9. The molecule has 0 aliphatic rings. The summed E-state index contributed by atoms with van der Waals surface area (Å²) in [7, 11) is 0. The Hall–Kier alpha value is -2.63. The molecule has 6 nitrogen and oxygen atoms in total. The number of unbranched alkanes of at least 4 members (excludes halogenated alkanes) is 23. The van der Waals surface area contributed by atoms with E-state index in [9.17, 15) is 14.4 Å². The maximum Gasteiger partial charge on any atom is 0.306 e. The lowest BCUT2D eigenvalue weighted by atomic mass is 10.1. The van der Waals surface area contributed by atoms with E-state index in [4.69, 9.17) is 14.2 Å². The number of hydrogen-bond donors (Lipinski definition) is 0. The Labute approximate surface area is 346 Å². The van der Waals surface area contributed by atoms with Crippen LogP contribution in [0.15, 0.2) is 48.6 Å². The summed E-state index contributed by atoms with van der Waals surface area (Å²) in [5.74, 6) is -0.892. The molecule has 0 amide bonds. The van der Waals surface area contributed by atoms with Crippen molar-refractivity contribution in [3.8, 4) is 0 Å². The van der Waals surface area contributed by atoms with Crippen molar-refractivity contribution in [2.75, 3.05) is 13.2 Å². The molecule has 0 bridgehead atoms. The Balaban J connectivity index is 4.29. The van der Waals surface area contributed by atoms with Gasteiger partial charge in [0.25, 0.3) is 0 Å². The van der Waals surface area contributed by atoms with Gasteiger partial charge < -0.3 is 14.2 Å². The second-order valence-corrected chi connectivity index (χ2v) is 15.6. The number of carbonyl (C=O) groups is 3. The summed E-state index contributed by atoms with van der Waals surface area (Å²) in [5.41, 5.74) is 0. The third-order valence-corrected chi connectivity index (χ3v) is 10.1. The normalized spacial score (nSPS) is 12.4. The fourth-order valence-corrected chi connectivity index (χ4v) is 6.55. The number of rotatable bonds is 42. The van der Waals surface area contributed by atoms with Gasteiger partial charge in [0.1, 0.15) is 13.2 Å². The molecular formula is C50H88O6. The van der Waals surface area contributed by atoms with Gasteiger partial charge in [-0.25, -0.2) is 0 Å². The Morgan fingerprint density at radius 1 is 0.375 bits per heavy atom. The Morgan fingerprint density at radius 3 is 1.09 bits per heavy atom.